The van der Waals surface area contributed by atoms with Crippen molar-refractivity contribution in [3.8, 4) is 0 Å². The minimum Gasteiger partial charge on any atom is -0.307 e. The first kappa shape index (κ1) is 14.9. The summed E-state index contributed by atoms with van der Waals surface area (Å²) in [7, 11) is -0.747. The van der Waals surface area contributed by atoms with Gasteiger partial charge in [0.25, 0.3) is 0 Å². The highest BCUT2D eigenvalue weighted by Gasteiger charge is 2.13. The van der Waals surface area contributed by atoms with Crippen LogP contribution in [-0.4, -0.2) is 22.3 Å². The summed E-state index contributed by atoms with van der Waals surface area (Å²) in [6.07, 6.45) is 2.77. The Hall–Kier alpha value is -0.190. The van der Waals surface area contributed by atoms with Crippen LogP contribution in [0, 0.1) is 0 Å². The van der Waals surface area contributed by atoms with Crippen LogP contribution in [0.4, 0.5) is 0 Å². The van der Waals surface area contributed by atoms with E-state index in [1.807, 2.05) is 12.1 Å². The van der Waals surface area contributed by atoms with Crippen LogP contribution in [0.25, 0.3) is 0 Å². The van der Waals surface area contributed by atoms with E-state index in [2.05, 4.69) is 47.2 Å². The molecule has 0 saturated carbocycles. The van der Waals surface area contributed by atoms with Gasteiger partial charge in [-0.3, -0.25) is 4.21 Å². The van der Waals surface area contributed by atoms with Crippen molar-refractivity contribution in [3.63, 3.8) is 0 Å². The maximum absolute atomic E-state index is 11.2. The standard InChI is InChI=1S/C13H20BrNOS/c1-4-13(15-10(2)9-17(3)16)11-6-5-7-12(14)8-11/h5-8,10,13,15H,4,9H2,1-3H3. The minimum atomic E-state index is -0.747. The summed E-state index contributed by atoms with van der Waals surface area (Å²) in [5, 5.41) is 3.53. The van der Waals surface area contributed by atoms with Gasteiger partial charge in [-0.2, -0.15) is 0 Å². The van der Waals surface area contributed by atoms with Gasteiger partial charge in [0.2, 0.25) is 0 Å². The molecule has 0 aliphatic carbocycles. The molecule has 0 saturated heterocycles. The fraction of sp³-hybridized carbons (Fsp3) is 0.538. The van der Waals surface area contributed by atoms with Crippen molar-refractivity contribution in [1.82, 2.24) is 5.32 Å². The molecule has 0 aliphatic rings. The van der Waals surface area contributed by atoms with E-state index in [1.165, 1.54) is 5.56 Å². The monoisotopic (exact) mass is 317 g/mol. The van der Waals surface area contributed by atoms with Crippen molar-refractivity contribution >= 4 is 26.7 Å². The Morgan fingerprint density at radius 3 is 2.71 bits per heavy atom. The highest BCUT2D eigenvalue weighted by molar-refractivity contribution is 9.10. The first-order valence-corrected chi connectivity index (χ1v) is 8.36. The summed E-state index contributed by atoms with van der Waals surface area (Å²) in [6, 6.07) is 8.93. The zero-order valence-corrected chi connectivity index (χ0v) is 13.0. The Labute approximate surface area is 115 Å². The van der Waals surface area contributed by atoms with E-state index in [0.717, 1.165) is 10.9 Å². The lowest BCUT2D eigenvalue weighted by molar-refractivity contribution is 0.468. The number of halogens is 1. The Morgan fingerprint density at radius 1 is 1.47 bits per heavy atom. The molecular formula is C13H20BrNOS. The number of hydrogen-bond acceptors (Lipinski definition) is 2. The van der Waals surface area contributed by atoms with Crippen LogP contribution in [0.5, 0.6) is 0 Å². The zero-order valence-electron chi connectivity index (χ0n) is 10.6. The second-order valence-electron chi connectivity index (χ2n) is 4.32. The molecular weight excluding hydrogens is 298 g/mol. The summed E-state index contributed by atoms with van der Waals surface area (Å²) in [6.45, 7) is 4.25. The topological polar surface area (TPSA) is 29.1 Å². The fourth-order valence-electron chi connectivity index (χ4n) is 1.92. The Kier molecular flexibility index (Phi) is 6.38. The van der Waals surface area contributed by atoms with E-state index in [-0.39, 0.29) is 6.04 Å². The fourth-order valence-corrected chi connectivity index (χ4v) is 3.13. The average Bonchev–Trinajstić information content (AvgIpc) is 2.24. The average molecular weight is 318 g/mol. The molecule has 0 bridgehead atoms. The van der Waals surface area contributed by atoms with Gasteiger partial charge in [0.15, 0.2) is 0 Å². The predicted octanol–water partition coefficient (Wildman–Crippen LogP) is 3.26. The van der Waals surface area contributed by atoms with Gasteiger partial charge in [-0.1, -0.05) is 35.0 Å². The lowest BCUT2D eigenvalue weighted by Gasteiger charge is -2.22. The van der Waals surface area contributed by atoms with Crippen molar-refractivity contribution in [2.75, 3.05) is 12.0 Å². The van der Waals surface area contributed by atoms with Crippen molar-refractivity contribution in [2.24, 2.45) is 0 Å². The highest BCUT2D eigenvalue weighted by atomic mass is 79.9. The first-order valence-electron chi connectivity index (χ1n) is 5.84. The molecule has 0 spiro atoms. The van der Waals surface area contributed by atoms with E-state index >= 15 is 0 Å². The third-order valence-electron chi connectivity index (χ3n) is 2.63. The molecule has 1 rings (SSSR count). The Morgan fingerprint density at radius 2 is 2.18 bits per heavy atom. The molecule has 0 aliphatic heterocycles. The van der Waals surface area contributed by atoms with E-state index in [0.29, 0.717) is 11.8 Å². The molecule has 1 aromatic rings. The van der Waals surface area contributed by atoms with Gasteiger partial charge in [-0.15, -0.1) is 0 Å². The highest BCUT2D eigenvalue weighted by Crippen LogP contribution is 2.21. The molecule has 3 unspecified atom stereocenters. The second-order valence-corrected chi connectivity index (χ2v) is 6.72. The number of benzene rings is 1. The molecule has 0 radical (unpaired) electrons. The van der Waals surface area contributed by atoms with Crippen LogP contribution in [-0.2, 0) is 10.8 Å². The van der Waals surface area contributed by atoms with Gasteiger partial charge >= 0.3 is 0 Å². The van der Waals surface area contributed by atoms with E-state index in [1.54, 1.807) is 6.26 Å². The second kappa shape index (κ2) is 7.29. The van der Waals surface area contributed by atoms with Gasteiger partial charge in [-0.05, 0) is 31.0 Å². The van der Waals surface area contributed by atoms with Crippen LogP contribution >= 0.6 is 15.9 Å². The minimum absolute atomic E-state index is 0.268. The summed E-state index contributed by atoms with van der Waals surface area (Å²) >= 11 is 3.49. The van der Waals surface area contributed by atoms with Crippen molar-refractivity contribution < 1.29 is 4.21 Å². The van der Waals surface area contributed by atoms with Crippen LogP contribution in [0.1, 0.15) is 31.9 Å². The Bertz CT molecular complexity index is 383. The molecule has 1 aromatic carbocycles. The maximum Gasteiger partial charge on any atom is 0.0383 e. The molecule has 3 atom stereocenters. The SMILES string of the molecule is CCC(NC(C)CS(C)=O)c1cccc(Br)c1. The van der Waals surface area contributed by atoms with Gasteiger partial charge in [0.1, 0.15) is 0 Å². The third kappa shape index (κ3) is 5.32. The van der Waals surface area contributed by atoms with E-state index in [4.69, 9.17) is 0 Å². The summed E-state index contributed by atoms with van der Waals surface area (Å²) in [4.78, 5) is 0. The van der Waals surface area contributed by atoms with Crippen LogP contribution in [0.15, 0.2) is 28.7 Å². The van der Waals surface area contributed by atoms with Gasteiger partial charge in [0.05, 0.1) is 0 Å². The lowest BCUT2D eigenvalue weighted by atomic mass is 10.0. The Balaban J connectivity index is 2.68. The predicted molar refractivity (Wildman–Crippen MR) is 78.7 cm³/mol. The maximum atomic E-state index is 11.2. The molecule has 0 fully saturated rings. The van der Waals surface area contributed by atoms with Gasteiger partial charge in [0, 0.05) is 39.4 Å². The molecule has 17 heavy (non-hydrogen) atoms. The van der Waals surface area contributed by atoms with Crippen molar-refractivity contribution in [3.05, 3.63) is 34.3 Å². The van der Waals surface area contributed by atoms with E-state index < -0.39 is 10.8 Å². The normalized spacial score (nSPS) is 16.5. The quantitative estimate of drug-likeness (QED) is 0.872. The summed E-state index contributed by atoms with van der Waals surface area (Å²) in [5.74, 6) is 0.699. The zero-order chi connectivity index (χ0) is 12.8. The number of hydrogen-bond donors (Lipinski definition) is 1. The first-order chi connectivity index (χ1) is 8.02. The molecule has 0 heterocycles. The smallest absolute Gasteiger partial charge is 0.0383 e. The molecule has 96 valence electrons. The largest absolute Gasteiger partial charge is 0.307 e. The molecule has 4 heteroatoms. The van der Waals surface area contributed by atoms with Crippen LogP contribution in [0.3, 0.4) is 0 Å². The summed E-state index contributed by atoms with van der Waals surface area (Å²) in [5.41, 5.74) is 1.27. The van der Waals surface area contributed by atoms with E-state index in [9.17, 15) is 4.21 Å². The third-order valence-corrected chi connectivity index (χ3v) is 4.09. The number of rotatable bonds is 6. The number of nitrogens with one attached hydrogen (secondary N) is 1. The van der Waals surface area contributed by atoms with Gasteiger partial charge in [-0.25, -0.2) is 0 Å². The van der Waals surface area contributed by atoms with Crippen LogP contribution in [0.2, 0.25) is 0 Å². The lowest BCUT2D eigenvalue weighted by Crippen LogP contribution is -2.34. The summed E-state index contributed by atoms with van der Waals surface area (Å²) < 4.78 is 12.3. The van der Waals surface area contributed by atoms with Crippen molar-refractivity contribution in [2.45, 2.75) is 32.4 Å². The molecule has 1 N–H and O–H groups in total. The molecule has 0 amide bonds. The molecule has 2 nitrogen and oxygen atoms in total. The van der Waals surface area contributed by atoms with Gasteiger partial charge < -0.3 is 5.32 Å². The van der Waals surface area contributed by atoms with Crippen LogP contribution < -0.4 is 5.32 Å². The molecule has 0 aromatic heterocycles. The van der Waals surface area contributed by atoms with Crippen molar-refractivity contribution in [1.29, 1.82) is 0 Å².